The van der Waals surface area contributed by atoms with E-state index in [2.05, 4.69) is 21.4 Å². The van der Waals surface area contributed by atoms with Crippen molar-refractivity contribution >= 4 is 28.3 Å². The van der Waals surface area contributed by atoms with Gasteiger partial charge >= 0.3 is 0 Å². The van der Waals surface area contributed by atoms with Crippen LogP contribution in [0.5, 0.6) is 5.75 Å². The standard InChI is InChI=1S/C23H17ClN4O/c1-14-8-9-15-10-11-18(23(29)21(15)27-14)22(28-19-7-2-3-12-26-19)17-6-4-5-16(13-25)20(17)24/h2-12,22,29H,1H3,(H,26,28). The Morgan fingerprint density at radius 1 is 1.03 bits per heavy atom. The van der Waals surface area contributed by atoms with Crippen molar-refractivity contribution in [3.63, 3.8) is 0 Å². The lowest BCUT2D eigenvalue weighted by atomic mass is 9.95. The summed E-state index contributed by atoms with van der Waals surface area (Å²) < 4.78 is 0. The quantitative estimate of drug-likeness (QED) is 0.481. The molecule has 0 fully saturated rings. The summed E-state index contributed by atoms with van der Waals surface area (Å²) in [4.78, 5) is 8.83. The van der Waals surface area contributed by atoms with Crippen LogP contribution in [-0.2, 0) is 0 Å². The minimum absolute atomic E-state index is 0.0676. The number of nitrogens with zero attached hydrogens (tertiary/aromatic N) is 3. The van der Waals surface area contributed by atoms with E-state index in [1.165, 1.54) is 0 Å². The third-order valence-electron chi connectivity index (χ3n) is 4.73. The maximum atomic E-state index is 11.1. The first kappa shape index (κ1) is 18.7. The lowest BCUT2D eigenvalue weighted by molar-refractivity contribution is 0.471. The molecular formula is C23H17ClN4O. The van der Waals surface area contributed by atoms with E-state index < -0.39 is 6.04 Å². The molecule has 2 aromatic carbocycles. The van der Waals surface area contributed by atoms with Gasteiger partial charge in [-0.3, -0.25) is 0 Å². The van der Waals surface area contributed by atoms with Gasteiger partial charge in [-0.25, -0.2) is 9.97 Å². The molecule has 0 spiro atoms. The van der Waals surface area contributed by atoms with E-state index in [0.29, 0.717) is 33.0 Å². The van der Waals surface area contributed by atoms with Gasteiger partial charge in [0, 0.05) is 22.8 Å². The number of anilines is 1. The first-order valence-electron chi connectivity index (χ1n) is 9.04. The van der Waals surface area contributed by atoms with Gasteiger partial charge in [0.15, 0.2) is 0 Å². The van der Waals surface area contributed by atoms with E-state index in [0.717, 1.165) is 11.1 Å². The molecule has 5 nitrogen and oxygen atoms in total. The fourth-order valence-corrected chi connectivity index (χ4v) is 3.58. The number of hydrogen-bond acceptors (Lipinski definition) is 5. The minimum Gasteiger partial charge on any atom is -0.505 e. The summed E-state index contributed by atoms with van der Waals surface area (Å²) in [5.41, 5.74) is 2.95. The minimum atomic E-state index is -0.530. The zero-order chi connectivity index (χ0) is 20.4. The molecule has 4 rings (SSSR count). The second-order valence-corrected chi connectivity index (χ2v) is 7.02. The molecule has 0 amide bonds. The molecule has 29 heavy (non-hydrogen) atoms. The van der Waals surface area contributed by atoms with Gasteiger partial charge in [0.1, 0.15) is 23.2 Å². The third-order valence-corrected chi connectivity index (χ3v) is 5.16. The van der Waals surface area contributed by atoms with Crippen molar-refractivity contribution in [1.82, 2.24) is 9.97 Å². The van der Waals surface area contributed by atoms with Gasteiger partial charge in [-0.05, 0) is 36.8 Å². The number of nitriles is 1. The summed E-state index contributed by atoms with van der Waals surface area (Å²) in [6, 6.07) is 19.9. The Hall–Kier alpha value is -3.62. The lowest BCUT2D eigenvalue weighted by Crippen LogP contribution is -2.14. The highest BCUT2D eigenvalue weighted by Crippen LogP contribution is 2.39. The molecule has 0 aliphatic carbocycles. The first-order chi connectivity index (χ1) is 14.1. The smallest absolute Gasteiger partial charge is 0.147 e. The number of aromatic nitrogens is 2. The van der Waals surface area contributed by atoms with Crippen LogP contribution >= 0.6 is 11.6 Å². The van der Waals surface area contributed by atoms with E-state index in [1.54, 1.807) is 18.3 Å². The van der Waals surface area contributed by atoms with Crippen molar-refractivity contribution in [1.29, 1.82) is 5.26 Å². The molecule has 142 valence electrons. The molecule has 0 radical (unpaired) electrons. The van der Waals surface area contributed by atoms with Crippen LogP contribution in [0.1, 0.15) is 28.4 Å². The van der Waals surface area contributed by atoms with Gasteiger partial charge in [-0.15, -0.1) is 0 Å². The van der Waals surface area contributed by atoms with Gasteiger partial charge < -0.3 is 10.4 Å². The maximum absolute atomic E-state index is 11.1. The van der Waals surface area contributed by atoms with Crippen LogP contribution in [0.2, 0.25) is 5.02 Å². The molecule has 0 aliphatic heterocycles. The lowest BCUT2D eigenvalue weighted by Gasteiger charge is -2.23. The van der Waals surface area contributed by atoms with Crippen LogP contribution in [0.4, 0.5) is 5.82 Å². The average Bonchev–Trinajstić information content (AvgIpc) is 2.74. The number of aromatic hydroxyl groups is 1. The Labute approximate surface area is 173 Å². The van der Waals surface area contributed by atoms with Gasteiger partial charge in [-0.1, -0.05) is 48.0 Å². The molecule has 2 aromatic heterocycles. The van der Waals surface area contributed by atoms with Gasteiger partial charge in [0.2, 0.25) is 0 Å². The zero-order valence-corrected chi connectivity index (χ0v) is 16.4. The Morgan fingerprint density at radius 3 is 2.62 bits per heavy atom. The summed E-state index contributed by atoms with van der Waals surface area (Å²) >= 11 is 6.54. The number of benzene rings is 2. The fraction of sp³-hybridized carbons (Fsp3) is 0.0870. The summed E-state index contributed by atoms with van der Waals surface area (Å²) in [7, 11) is 0. The van der Waals surface area contributed by atoms with Crippen LogP contribution < -0.4 is 5.32 Å². The van der Waals surface area contributed by atoms with E-state index in [-0.39, 0.29) is 5.75 Å². The second kappa shape index (κ2) is 7.78. The summed E-state index contributed by atoms with van der Waals surface area (Å²) in [6.45, 7) is 1.88. The van der Waals surface area contributed by atoms with Gasteiger partial charge in [0.05, 0.1) is 16.6 Å². The largest absolute Gasteiger partial charge is 0.505 e. The summed E-state index contributed by atoms with van der Waals surface area (Å²) in [6.07, 6.45) is 1.68. The number of nitrogens with one attached hydrogen (secondary N) is 1. The molecule has 0 saturated carbocycles. The second-order valence-electron chi connectivity index (χ2n) is 6.64. The zero-order valence-electron chi connectivity index (χ0n) is 15.6. The van der Waals surface area contributed by atoms with Crippen molar-refractivity contribution < 1.29 is 5.11 Å². The third kappa shape index (κ3) is 3.58. The Bertz CT molecular complexity index is 1240. The topological polar surface area (TPSA) is 81.8 Å². The first-order valence-corrected chi connectivity index (χ1v) is 9.41. The Kier molecular flexibility index (Phi) is 5.03. The Balaban J connectivity index is 1.93. The highest BCUT2D eigenvalue weighted by atomic mass is 35.5. The van der Waals surface area contributed by atoms with Gasteiger partial charge in [0.25, 0.3) is 0 Å². The van der Waals surface area contributed by atoms with Crippen LogP contribution in [-0.4, -0.2) is 15.1 Å². The number of phenols is 1. The maximum Gasteiger partial charge on any atom is 0.147 e. The molecule has 1 unspecified atom stereocenters. The molecule has 0 aliphatic rings. The summed E-state index contributed by atoms with van der Waals surface area (Å²) in [5.74, 6) is 0.686. The average molecular weight is 401 g/mol. The summed E-state index contributed by atoms with van der Waals surface area (Å²) in [5, 5.41) is 25.0. The predicted molar refractivity (Wildman–Crippen MR) is 114 cm³/mol. The molecule has 1 atom stereocenters. The monoisotopic (exact) mass is 400 g/mol. The number of fused-ring (bicyclic) bond motifs is 1. The van der Waals surface area contributed by atoms with Crippen LogP contribution in [0.25, 0.3) is 10.9 Å². The number of halogens is 1. The number of hydrogen-bond donors (Lipinski definition) is 2. The molecule has 6 heteroatoms. The number of phenolic OH excluding ortho intramolecular Hbond substituents is 1. The molecule has 4 aromatic rings. The predicted octanol–water partition coefficient (Wildman–Crippen LogP) is 5.37. The van der Waals surface area contributed by atoms with Crippen molar-refractivity contribution in [2.45, 2.75) is 13.0 Å². The molecular weight excluding hydrogens is 384 g/mol. The molecule has 0 saturated heterocycles. The van der Waals surface area contributed by atoms with Crippen molar-refractivity contribution in [3.8, 4) is 11.8 Å². The number of aryl methyl sites for hydroxylation is 1. The Morgan fingerprint density at radius 2 is 1.86 bits per heavy atom. The van der Waals surface area contributed by atoms with E-state index in [9.17, 15) is 10.4 Å². The van der Waals surface area contributed by atoms with E-state index in [1.807, 2.05) is 55.5 Å². The molecule has 0 bridgehead atoms. The van der Waals surface area contributed by atoms with Crippen LogP contribution in [0, 0.1) is 18.3 Å². The van der Waals surface area contributed by atoms with Crippen LogP contribution in [0.15, 0.2) is 66.9 Å². The van der Waals surface area contributed by atoms with E-state index >= 15 is 0 Å². The van der Waals surface area contributed by atoms with E-state index in [4.69, 9.17) is 11.6 Å². The fourth-order valence-electron chi connectivity index (χ4n) is 3.30. The van der Waals surface area contributed by atoms with Crippen molar-refractivity contribution in [3.05, 3.63) is 94.3 Å². The number of pyridine rings is 2. The number of rotatable bonds is 4. The molecule has 2 heterocycles. The SMILES string of the molecule is Cc1ccc2ccc(C(Nc3ccccn3)c3cccc(C#N)c3Cl)c(O)c2n1. The molecule has 2 N–H and O–H groups in total. The van der Waals surface area contributed by atoms with Crippen molar-refractivity contribution in [2.75, 3.05) is 5.32 Å². The highest BCUT2D eigenvalue weighted by Gasteiger charge is 2.23. The van der Waals surface area contributed by atoms with Crippen molar-refractivity contribution in [2.24, 2.45) is 0 Å². The normalized spacial score (nSPS) is 11.8. The highest BCUT2D eigenvalue weighted by molar-refractivity contribution is 6.32. The van der Waals surface area contributed by atoms with Crippen LogP contribution in [0.3, 0.4) is 0 Å². The van der Waals surface area contributed by atoms with Gasteiger partial charge in [-0.2, -0.15) is 5.26 Å².